The molecule has 11 heavy (non-hydrogen) atoms. The van der Waals surface area contributed by atoms with E-state index in [2.05, 4.69) is 5.32 Å². The highest BCUT2D eigenvalue weighted by molar-refractivity contribution is 7.99. The van der Waals surface area contributed by atoms with Gasteiger partial charge in [0.1, 0.15) is 5.82 Å². The van der Waals surface area contributed by atoms with Crippen LogP contribution >= 0.6 is 11.8 Å². The van der Waals surface area contributed by atoms with Crippen molar-refractivity contribution in [3.8, 4) is 0 Å². The minimum Gasteiger partial charge on any atom is -0.372 e. The maximum atomic E-state index is 13.2. The van der Waals surface area contributed by atoms with Gasteiger partial charge in [0, 0.05) is 4.90 Å². The monoisotopic (exact) mass is 169 g/mol. The van der Waals surface area contributed by atoms with Gasteiger partial charge in [-0.15, -0.1) is 11.8 Å². The average Bonchev–Trinajstić information content (AvgIpc) is 2.45. The van der Waals surface area contributed by atoms with Crippen molar-refractivity contribution in [2.24, 2.45) is 0 Å². The topological polar surface area (TPSA) is 12.0 Å². The van der Waals surface area contributed by atoms with Gasteiger partial charge in [0.25, 0.3) is 0 Å². The van der Waals surface area contributed by atoms with Crippen LogP contribution in [0.4, 0.5) is 10.1 Å². The summed E-state index contributed by atoms with van der Waals surface area (Å²) in [5.74, 6) is 0.683. The standard InChI is InChI=1S/C8H8FNS/c1-5-2-3-6-8(7(5)9)10-4-11-6/h2-3,10H,4H2,1H3. The highest BCUT2D eigenvalue weighted by Crippen LogP contribution is 2.36. The lowest BCUT2D eigenvalue weighted by Gasteiger charge is -2.01. The number of benzene rings is 1. The predicted molar refractivity (Wildman–Crippen MR) is 45.5 cm³/mol. The highest BCUT2D eigenvalue weighted by Gasteiger charge is 2.15. The normalized spacial score (nSPS) is 14.4. The SMILES string of the molecule is Cc1ccc2c(c1F)NCS2. The van der Waals surface area contributed by atoms with Gasteiger partial charge in [-0.25, -0.2) is 4.39 Å². The summed E-state index contributed by atoms with van der Waals surface area (Å²) in [5, 5.41) is 3.00. The first-order valence-corrected chi connectivity index (χ1v) is 4.43. The van der Waals surface area contributed by atoms with Gasteiger partial charge >= 0.3 is 0 Å². The van der Waals surface area contributed by atoms with E-state index in [4.69, 9.17) is 0 Å². The molecule has 1 aromatic rings. The Morgan fingerprint density at radius 3 is 3.18 bits per heavy atom. The van der Waals surface area contributed by atoms with Crippen molar-refractivity contribution in [1.29, 1.82) is 0 Å². The summed E-state index contributed by atoms with van der Waals surface area (Å²) < 4.78 is 13.2. The van der Waals surface area contributed by atoms with Crippen LogP contribution in [0.3, 0.4) is 0 Å². The fraction of sp³-hybridized carbons (Fsp3) is 0.250. The van der Waals surface area contributed by atoms with Crippen molar-refractivity contribution in [1.82, 2.24) is 0 Å². The Bertz CT molecular complexity index is 298. The maximum absolute atomic E-state index is 13.2. The molecule has 0 unspecified atom stereocenters. The molecule has 0 saturated carbocycles. The summed E-state index contributed by atoms with van der Waals surface area (Å²) in [5.41, 5.74) is 1.38. The van der Waals surface area contributed by atoms with Crippen LogP contribution in [0.15, 0.2) is 17.0 Å². The van der Waals surface area contributed by atoms with E-state index >= 15 is 0 Å². The molecule has 1 aliphatic heterocycles. The lowest BCUT2D eigenvalue weighted by molar-refractivity contribution is 0.619. The summed E-state index contributed by atoms with van der Waals surface area (Å²) in [6, 6.07) is 3.77. The molecule has 1 N–H and O–H groups in total. The first-order valence-electron chi connectivity index (χ1n) is 3.45. The van der Waals surface area contributed by atoms with E-state index in [1.807, 2.05) is 12.1 Å². The molecule has 1 heterocycles. The van der Waals surface area contributed by atoms with Crippen molar-refractivity contribution in [3.05, 3.63) is 23.5 Å². The quantitative estimate of drug-likeness (QED) is 0.640. The molecule has 0 aromatic heterocycles. The predicted octanol–water partition coefficient (Wildman–Crippen LogP) is 2.61. The smallest absolute Gasteiger partial charge is 0.150 e. The van der Waals surface area contributed by atoms with Gasteiger partial charge in [0.2, 0.25) is 0 Å². The van der Waals surface area contributed by atoms with Gasteiger partial charge in [0.15, 0.2) is 0 Å². The van der Waals surface area contributed by atoms with E-state index in [-0.39, 0.29) is 5.82 Å². The molecule has 0 amide bonds. The molecule has 58 valence electrons. The van der Waals surface area contributed by atoms with E-state index in [9.17, 15) is 4.39 Å². The lowest BCUT2D eigenvalue weighted by Crippen LogP contribution is -1.93. The number of thioether (sulfide) groups is 1. The third-order valence-corrected chi connectivity index (χ3v) is 2.71. The molecule has 0 radical (unpaired) electrons. The Balaban J connectivity index is 2.62. The second-order valence-electron chi connectivity index (χ2n) is 2.54. The molecule has 0 fully saturated rings. The number of rotatable bonds is 0. The van der Waals surface area contributed by atoms with Crippen LogP contribution in [0, 0.1) is 12.7 Å². The van der Waals surface area contributed by atoms with E-state index in [1.165, 1.54) is 0 Å². The average molecular weight is 169 g/mol. The molecule has 0 spiro atoms. The number of nitrogens with one attached hydrogen (secondary N) is 1. The molecular formula is C8H8FNS. The van der Waals surface area contributed by atoms with Crippen molar-refractivity contribution in [2.75, 3.05) is 11.2 Å². The second-order valence-corrected chi connectivity index (χ2v) is 3.55. The molecule has 0 atom stereocenters. The molecule has 2 rings (SSSR count). The van der Waals surface area contributed by atoms with E-state index in [0.717, 1.165) is 10.8 Å². The van der Waals surface area contributed by atoms with E-state index in [1.54, 1.807) is 18.7 Å². The molecule has 1 nitrogen and oxygen atoms in total. The minimum atomic E-state index is -0.104. The maximum Gasteiger partial charge on any atom is 0.150 e. The van der Waals surface area contributed by atoms with Crippen LogP contribution in [-0.4, -0.2) is 5.88 Å². The number of hydrogen-bond acceptors (Lipinski definition) is 2. The van der Waals surface area contributed by atoms with Crippen LogP contribution in [0.5, 0.6) is 0 Å². The molecule has 0 bridgehead atoms. The summed E-state index contributed by atoms with van der Waals surface area (Å²) >= 11 is 1.64. The van der Waals surface area contributed by atoms with E-state index in [0.29, 0.717) is 11.3 Å². The Kier molecular flexibility index (Phi) is 1.53. The Morgan fingerprint density at radius 2 is 2.36 bits per heavy atom. The molecule has 0 aliphatic carbocycles. The van der Waals surface area contributed by atoms with Crippen molar-refractivity contribution in [3.63, 3.8) is 0 Å². The Labute approximate surface area is 69.0 Å². The van der Waals surface area contributed by atoms with Crippen molar-refractivity contribution >= 4 is 17.4 Å². The molecular weight excluding hydrogens is 161 g/mol. The molecule has 1 aromatic carbocycles. The zero-order valence-corrected chi connectivity index (χ0v) is 6.96. The Morgan fingerprint density at radius 1 is 1.55 bits per heavy atom. The Hall–Kier alpha value is -0.700. The van der Waals surface area contributed by atoms with Crippen molar-refractivity contribution in [2.45, 2.75) is 11.8 Å². The van der Waals surface area contributed by atoms with Crippen LogP contribution in [0.25, 0.3) is 0 Å². The van der Waals surface area contributed by atoms with Crippen molar-refractivity contribution < 1.29 is 4.39 Å². The molecule has 0 saturated heterocycles. The first-order chi connectivity index (χ1) is 5.29. The van der Waals surface area contributed by atoms with Gasteiger partial charge in [-0.1, -0.05) is 6.07 Å². The fourth-order valence-corrected chi connectivity index (χ4v) is 1.98. The largest absolute Gasteiger partial charge is 0.372 e. The van der Waals surface area contributed by atoms with Gasteiger partial charge < -0.3 is 5.32 Å². The number of anilines is 1. The van der Waals surface area contributed by atoms with Gasteiger partial charge in [-0.05, 0) is 18.6 Å². The highest BCUT2D eigenvalue weighted by atomic mass is 32.2. The van der Waals surface area contributed by atoms with Gasteiger partial charge in [-0.3, -0.25) is 0 Å². The van der Waals surface area contributed by atoms with Gasteiger partial charge in [0.05, 0.1) is 11.6 Å². The second kappa shape index (κ2) is 2.41. The van der Waals surface area contributed by atoms with Crippen LogP contribution in [0.2, 0.25) is 0 Å². The number of halogens is 1. The lowest BCUT2D eigenvalue weighted by atomic mass is 10.2. The summed E-state index contributed by atoms with van der Waals surface area (Å²) in [7, 11) is 0. The molecule has 1 aliphatic rings. The third-order valence-electron chi connectivity index (χ3n) is 1.77. The van der Waals surface area contributed by atoms with Crippen LogP contribution in [0.1, 0.15) is 5.56 Å². The van der Waals surface area contributed by atoms with E-state index < -0.39 is 0 Å². The summed E-state index contributed by atoms with van der Waals surface area (Å²) in [4.78, 5) is 1.02. The third kappa shape index (κ3) is 0.997. The zero-order valence-electron chi connectivity index (χ0n) is 6.15. The summed E-state index contributed by atoms with van der Waals surface area (Å²) in [6.45, 7) is 1.78. The zero-order chi connectivity index (χ0) is 7.84. The first kappa shape index (κ1) is 6.98. The fourth-order valence-electron chi connectivity index (χ4n) is 1.13. The van der Waals surface area contributed by atoms with Gasteiger partial charge in [-0.2, -0.15) is 0 Å². The van der Waals surface area contributed by atoms with Crippen LogP contribution < -0.4 is 5.32 Å². The minimum absolute atomic E-state index is 0.104. The summed E-state index contributed by atoms with van der Waals surface area (Å²) in [6.07, 6.45) is 0. The molecule has 3 heteroatoms. The number of fused-ring (bicyclic) bond motifs is 1. The number of hydrogen-bond donors (Lipinski definition) is 1. The van der Waals surface area contributed by atoms with Crippen LogP contribution in [-0.2, 0) is 0 Å². The number of aryl methyl sites for hydroxylation is 1.